The predicted octanol–water partition coefficient (Wildman–Crippen LogP) is 4.19. The minimum absolute atomic E-state index is 0.0664. The van der Waals surface area contributed by atoms with Crippen LogP contribution in [0.25, 0.3) is 0 Å². The summed E-state index contributed by atoms with van der Waals surface area (Å²) in [5.74, 6) is 0. The van der Waals surface area contributed by atoms with Crippen molar-refractivity contribution in [2.24, 2.45) is 0 Å². The third-order valence-corrected chi connectivity index (χ3v) is 5.45. The summed E-state index contributed by atoms with van der Waals surface area (Å²) in [6.07, 6.45) is 1.22. The van der Waals surface area contributed by atoms with Crippen molar-refractivity contribution in [2.75, 3.05) is 6.26 Å². The summed E-state index contributed by atoms with van der Waals surface area (Å²) in [5, 5.41) is 0. The minimum Gasteiger partial charge on any atom is -0.224 e. The van der Waals surface area contributed by atoms with Crippen molar-refractivity contribution in [2.45, 2.75) is 23.6 Å². The lowest BCUT2D eigenvalue weighted by Gasteiger charge is -2.14. The molecule has 0 bridgehead atoms. The smallest absolute Gasteiger partial charge is 0.175 e. The van der Waals surface area contributed by atoms with Crippen LogP contribution in [0, 0.1) is 13.8 Å². The Kier molecular flexibility index (Phi) is 4.35. The van der Waals surface area contributed by atoms with Gasteiger partial charge < -0.3 is 0 Å². The average molecular weight is 353 g/mol. The molecule has 0 N–H and O–H groups in total. The highest BCUT2D eigenvalue weighted by atomic mass is 79.9. The Balaban J connectivity index is 2.36. The molecule has 106 valence electrons. The number of benzene rings is 2. The molecule has 0 aliphatic rings. The number of hydrogen-bond acceptors (Lipinski definition) is 2. The van der Waals surface area contributed by atoms with Crippen molar-refractivity contribution < 1.29 is 8.42 Å². The second-order valence-electron chi connectivity index (χ2n) is 5.06. The molecule has 0 aliphatic carbocycles. The summed E-state index contributed by atoms with van der Waals surface area (Å²) < 4.78 is 22.9. The van der Waals surface area contributed by atoms with E-state index in [1.165, 1.54) is 22.9 Å². The van der Waals surface area contributed by atoms with Crippen molar-refractivity contribution in [3.05, 3.63) is 64.7 Å². The Morgan fingerprint density at radius 3 is 2.10 bits per heavy atom. The molecule has 0 amide bonds. The first kappa shape index (κ1) is 15.3. The molecule has 0 spiro atoms. The number of hydrogen-bond donors (Lipinski definition) is 0. The van der Waals surface area contributed by atoms with Gasteiger partial charge in [0.25, 0.3) is 0 Å². The van der Waals surface area contributed by atoms with E-state index in [-0.39, 0.29) is 4.83 Å². The third kappa shape index (κ3) is 3.30. The molecule has 0 saturated carbocycles. The SMILES string of the molecule is Cc1ccc(C(Br)c2ccc(S(C)(=O)=O)cc2)c(C)c1. The standard InChI is InChI=1S/C16H17BrO2S/c1-11-4-9-15(12(2)10-11)16(17)13-5-7-14(8-6-13)20(3,18)19/h4-10,16H,1-3H3. The highest BCUT2D eigenvalue weighted by Crippen LogP contribution is 2.33. The number of sulfone groups is 1. The first-order valence-electron chi connectivity index (χ1n) is 6.30. The molecule has 20 heavy (non-hydrogen) atoms. The zero-order valence-electron chi connectivity index (χ0n) is 11.7. The van der Waals surface area contributed by atoms with Gasteiger partial charge in [0, 0.05) is 6.26 Å². The van der Waals surface area contributed by atoms with E-state index in [0.717, 1.165) is 5.56 Å². The van der Waals surface area contributed by atoms with Crippen LogP contribution in [-0.4, -0.2) is 14.7 Å². The lowest BCUT2D eigenvalue weighted by atomic mass is 9.99. The van der Waals surface area contributed by atoms with Crippen LogP contribution in [0.3, 0.4) is 0 Å². The van der Waals surface area contributed by atoms with E-state index < -0.39 is 9.84 Å². The number of rotatable bonds is 3. The van der Waals surface area contributed by atoms with E-state index in [0.29, 0.717) is 4.90 Å². The minimum atomic E-state index is -3.14. The molecule has 0 aromatic heterocycles. The van der Waals surface area contributed by atoms with Crippen LogP contribution in [-0.2, 0) is 9.84 Å². The van der Waals surface area contributed by atoms with Crippen LogP contribution in [0.2, 0.25) is 0 Å². The second kappa shape index (κ2) is 5.70. The van der Waals surface area contributed by atoms with Gasteiger partial charge in [-0.2, -0.15) is 0 Å². The lowest BCUT2D eigenvalue weighted by Crippen LogP contribution is -1.99. The Morgan fingerprint density at radius 2 is 1.60 bits per heavy atom. The fourth-order valence-electron chi connectivity index (χ4n) is 2.17. The number of halogens is 1. The highest BCUT2D eigenvalue weighted by Gasteiger charge is 2.14. The van der Waals surface area contributed by atoms with Crippen LogP contribution < -0.4 is 0 Å². The van der Waals surface area contributed by atoms with Crippen molar-refractivity contribution in [1.29, 1.82) is 0 Å². The van der Waals surface area contributed by atoms with E-state index >= 15 is 0 Å². The molecule has 2 nitrogen and oxygen atoms in total. The van der Waals surface area contributed by atoms with Gasteiger partial charge in [0.05, 0.1) is 9.72 Å². The molecule has 1 atom stereocenters. The molecule has 0 heterocycles. The van der Waals surface area contributed by atoms with Crippen LogP contribution in [0.5, 0.6) is 0 Å². The van der Waals surface area contributed by atoms with Crippen LogP contribution in [0.4, 0.5) is 0 Å². The summed E-state index contributed by atoms with van der Waals surface area (Å²) in [6.45, 7) is 4.16. The molecule has 0 aliphatic heterocycles. The Hall–Kier alpha value is -1.13. The van der Waals surface area contributed by atoms with Gasteiger partial charge in [-0.25, -0.2) is 8.42 Å². The monoisotopic (exact) mass is 352 g/mol. The number of aryl methyl sites for hydroxylation is 2. The normalized spacial score (nSPS) is 13.2. The summed E-state index contributed by atoms with van der Waals surface area (Å²) >= 11 is 3.70. The van der Waals surface area contributed by atoms with Gasteiger partial charge in [-0.05, 0) is 42.7 Å². The molecular formula is C16H17BrO2S. The van der Waals surface area contributed by atoms with Crippen molar-refractivity contribution in [3.63, 3.8) is 0 Å². The first-order valence-corrected chi connectivity index (χ1v) is 9.11. The van der Waals surface area contributed by atoms with Gasteiger partial charge in [-0.15, -0.1) is 0 Å². The summed E-state index contributed by atoms with van der Waals surface area (Å²) in [7, 11) is -3.14. The molecule has 0 fully saturated rings. The zero-order chi connectivity index (χ0) is 14.9. The molecular weight excluding hydrogens is 336 g/mol. The van der Waals surface area contributed by atoms with E-state index in [1.54, 1.807) is 12.1 Å². The third-order valence-electron chi connectivity index (χ3n) is 3.30. The first-order chi connectivity index (χ1) is 9.29. The Labute approximate surface area is 128 Å². The Bertz CT molecular complexity index is 719. The van der Waals surface area contributed by atoms with Crippen LogP contribution >= 0.6 is 15.9 Å². The molecule has 0 radical (unpaired) electrons. The molecule has 0 saturated heterocycles. The summed E-state index contributed by atoms with van der Waals surface area (Å²) in [4.78, 5) is 0.415. The van der Waals surface area contributed by atoms with Gasteiger partial charge >= 0.3 is 0 Å². The molecule has 2 aromatic carbocycles. The van der Waals surface area contributed by atoms with Crippen molar-refractivity contribution in [1.82, 2.24) is 0 Å². The quantitative estimate of drug-likeness (QED) is 0.776. The summed E-state index contributed by atoms with van der Waals surface area (Å²) in [6, 6.07) is 13.4. The zero-order valence-corrected chi connectivity index (χ0v) is 14.1. The van der Waals surface area contributed by atoms with Gasteiger partial charge in [0.15, 0.2) is 9.84 Å². The molecule has 2 aromatic rings. The summed E-state index contributed by atoms with van der Waals surface area (Å²) in [5.41, 5.74) is 4.70. The average Bonchev–Trinajstić information content (AvgIpc) is 2.37. The second-order valence-corrected chi connectivity index (χ2v) is 8.00. The van der Waals surface area contributed by atoms with Gasteiger partial charge in [-0.1, -0.05) is 51.8 Å². The fourth-order valence-corrected chi connectivity index (χ4v) is 3.62. The van der Waals surface area contributed by atoms with Crippen molar-refractivity contribution >= 4 is 25.8 Å². The lowest BCUT2D eigenvalue weighted by molar-refractivity contribution is 0.602. The van der Waals surface area contributed by atoms with Crippen LogP contribution in [0.15, 0.2) is 47.4 Å². The van der Waals surface area contributed by atoms with E-state index in [9.17, 15) is 8.42 Å². The highest BCUT2D eigenvalue weighted by molar-refractivity contribution is 9.09. The maximum atomic E-state index is 11.5. The molecule has 1 unspecified atom stereocenters. The van der Waals surface area contributed by atoms with E-state index in [1.807, 2.05) is 12.1 Å². The van der Waals surface area contributed by atoms with Gasteiger partial charge in [0.2, 0.25) is 0 Å². The van der Waals surface area contributed by atoms with Gasteiger partial charge in [0.1, 0.15) is 0 Å². The Morgan fingerprint density at radius 1 is 1.00 bits per heavy atom. The number of alkyl halides is 1. The predicted molar refractivity (Wildman–Crippen MR) is 86.2 cm³/mol. The topological polar surface area (TPSA) is 34.1 Å². The van der Waals surface area contributed by atoms with Gasteiger partial charge in [-0.3, -0.25) is 0 Å². The van der Waals surface area contributed by atoms with E-state index in [2.05, 4.69) is 48.0 Å². The van der Waals surface area contributed by atoms with Crippen LogP contribution in [0.1, 0.15) is 27.1 Å². The molecule has 2 rings (SSSR count). The van der Waals surface area contributed by atoms with E-state index in [4.69, 9.17) is 0 Å². The maximum Gasteiger partial charge on any atom is 0.175 e. The fraction of sp³-hybridized carbons (Fsp3) is 0.250. The maximum absolute atomic E-state index is 11.5. The largest absolute Gasteiger partial charge is 0.224 e. The molecule has 4 heteroatoms. The van der Waals surface area contributed by atoms with Crippen molar-refractivity contribution in [3.8, 4) is 0 Å².